The normalized spacial score (nSPS) is 19.0. The van der Waals surface area contributed by atoms with E-state index >= 15 is 0 Å². The minimum absolute atomic E-state index is 0.121. The summed E-state index contributed by atoms with van der Waals surface area (Å²) in [5.74, 6) is -2.98. The van der Waals surface area contributed by atoms with E-state index in [9.17, 15) is 33.4 Å². The van der Waals surface area contributed by atoms with Crippen LogP contribution in [0.2, 0.25) is 0 Å². The molecule has 4 atom stereocenters. The second-order valence-corrected chi connectivity index (χ2v) is 13.2. The quantitative estimate of drug-likeness (QED) is 0.128. The standard InChI is InChI=1S/C40H40F2N2O7/c41-30-12-10-28(11-13-30)35(45)19-18-33-37(44(38(33)47)32-16-14-31(42)15-17-32)29-8-6-26(7-9-29)20-21-40(24-50-25-40)51-23-36(46)43-34(39(48)49)22-27-4-2-1-3-5-27/h1-17,33-35,37,45H,18-25H2,(H,43,46)(H,48,49). The highest BCUT2D eigenvalue weighted by Crippen LogP contribution is 2.46. The lowest BCUT2D eigenvalue weighted by Gasteiger charge is -2.48. The number of ether oxygens (including phenoxy) is 2. The number of carboxylic acids is 1. The molecule has 0 spiro atoms. The highest BCUT2D eigenvalue weighted by Gasteiger charge is 2.48. The van der Waals surface area contributed by atoms with Crippen molar-refractivity contribution in [2.75, 3.05) is 24.7 Å². The molecule has 9 nitrogen and oxygen atoms in total. The van der Waals surface area contributed by atoms with Gasteiger partial charge in [-0.05, 0) is 84.3 Å². The fraction of sp³-hybridized carbons (Fsp3) is 0.325. The lowest BCUT2D eigenvalue weighted by atomic mass is 9.78. The van der Waals surface area contributed by atoms with Gasteiger partial charge in [0.15, 0.2) is 0 Å². The molecule has 0 aromatic heterocycles. The van der Waals surface area contributed by atoms with E-state index in [0.29, 0.717) is 50.1 Å². The Morgan fingerprint density at radius 1 is 0.902 bits per heavy atom. The number of carbonyl (C=O) groups is 3. The highest BCUT2D eigenvalue weighted by molar-refractivity contribution is 6.03. The van der Waals surface area contributed by atoms with Crippen molar-refractivity contribution >= 4 is 23.5 Å². The average Bonchev–Trinajstić information content (AvgIpc) is 3.11. The first kappa shape index (κ1) is 35.8. The van der Waals surface area contributed by atoms with Gasteiger partial charge in [-0.1, -0.05) is 66.7 Å². The average molecular weight is 699 g/mol. The molecule has 0 bridgehead atoms. The van der Waals surface area contributed by atoms with Crippen molar-refractivity contribution in [3.8, 4) is 0 Å². The highest BCUT2D eigenvalue weighted by atomic mass is 19.1. The number of anilines is 1. The molecular weight excluding hydrogens is 658 g/mol. The Hall–Kier alpha value is -4.97. The van der Waals surface area contributed by atoms with E-state index in [4.69, 9.17) is 9.47 Å². The van der Waals surface area contributed by atoms with Crippen molar-refractivity contribution in [3.05, 3.63) is 137 Å². The number of carbonyl (C=O) groups excluding carboxylic acids is 2. The number of benzene rings is 4. The van der Waals surface area contributed by atoms with Crippen molar-refractivity contribution in [2.24, 2.45) is 5.92 Å². The molecule has 2 heterocycles. The molecule has 2 fully saturated rings. The molecule has 4 unspecified atom stereocenters. The van der Waals surface area contributed by atoms with Gasteiger partial charge in [0.05, 0.1) is 31.3 Å². The summed E-state index contributed by atoms with van der Waals surface area (Å²) in [6.07, 6.45) is 1.19. The number of aliphatic hydroxyl groups is 1. The Balaban J connectivity index is 1.07. The molecule has 51 heavy (non-hydrogen) atoms. The van der Waals surface area contributed by atoms with Crippen molar-refractivity contribution in [1.29, 1.82) is 0 Å². The third-order valence-electron chi connectivity index (χ3n) is 9.67. The first-order chi connectivity index (χ1) is 24.6. The van der Waals surface area contributed by atoms with E-state index in [2.05, 4.69) is 5.32 Å². The molecule has 2 aliphatic heterocycles. The molecule has 2 aliphatic rings. The van der Waals surface area contributed by atoms with Crippen LogP contribution in [0.15, 0.2) is 103 Å². The van der Waals surface area contributed by atoms with Crippen molar-refractivity contribution in [1.82, 2.24) is 5.32 Å². The third kappa shape index (κ3) is 8.68. The van der Waals surface area contributed by atoms with Crippen molar-refractivity contribution in [3.63, 3.8) is 0 Å². The van der Waals surface area contributed by atoms with Crippen LogP contribution in [0.25, 0.3) is 0 Å². The predicted octanol–water partition coefficient (Wildman–Crippen LogP) is 5.71. The Kier molecular flexibility index (Phi) is 11.2. The van der Waals surface area contributed by atoms with Crippen molar-refractivity contribution in [2.45, 2.75) is 55.9 Å². The molecule has 0 radical (unpaired) electrons. The number of aliphatic carboxylic acids is 1. The molecule has 2 saturated heterocycles. The summed E-state index contributed by atoms with van der Waals surface area (Å²) in [6.45, 7) is 0.326. The van der Waals surface area contributed by atoms with Gasteiger partial charge in [-0.15, -0.1) is 0 Å². The SMILES string of the molecule is O=C(COC1(CCc2ccc(C3C(CCC(O)c4ccc(F)cc4)C(=O)N3c3ccc(F)cc3)cc2)COC1)NC(Cc1ccccc1)C(=O)O. The number of aryl methyl sites for hydroxylation is 1. The van der Waals surface area contributed by atoms with Crippen LogP contribution >= 0.6 is 0 Å². The van der Waals surface area contributed by atoms with Gasteiger partial charge in [0.1, 0.15) is 29.9 Å². The van der Waals surface area contributed by atoms with Crippen LogP contribution in [-0.4, -0.2) is 59.5 Å². The van der Waals surface area contributed by atoms with Crippen LogP contribution in [0.1, 0.15) is 53.7 Å². The topological polar surface area (TPSA) is 125 Å². The Morgan fingerprint density at radius 2 is 1.55 bits per heavy atom. The molecular formula is C40H40F2N2O7. The smallest absolute Gasteiger partial charge is 0.326 e. The Labute approximate surface area is 294 Å². The summed E-state index contributed by atoms with van der Waals surface area (Å²) >= 11 is 0. The van der Waals surface area contributed by atoms with E-state index in [1.165, 1.54) is 36.4 Å². The summed E-state index contributed by atoms with van der Waals surface area (Å²) in [5, 5.41) is 22.9. The second kappa shape index (κ2) is 15.9. The molecule has 4 aromatic carbocycles. The Bertz CT molecular complexity index is 1800. The molecule has 3 N–H and O–H groups in total. The summed E-state index contributed by atoms with van der Waals surface area (Å²) in [7, 11) is 0. The van der Waals surface area contributed by atoms with Gasteiger partial charge in [0, 0.05) is 12.1 Å². The second-order valence-electron chi connectivity index (χ2n) is 13.2. The summed E-state index contributed by atoms with van der Waals surface area (Å²) < 4.78 is 38.6. The number of β-lactam (4-membered cyclic amide) rings is 1. The van der Waals surface area contributed by atoms with Gasteiger partial charge in [-0.25, -0.2) is 13.6 Å². The maximum atomic E-state index is 13.7. The number of amides is 2. The van der Waals surface area contributed by atoms with Crippen LogP contribution in [-0.2, 0) is 36.7 Å². The molecule has 266 valence electrons. The van der Waals surface area contributed by atoms with E-state index in [1.807, 2.05) is 42.5 Å². The van der Waals surface area contributed by atoms with Crippen LogP contribution < -0.4 is 10.2 Å². The molecule has 4 aromatic rings. The third-order valence-corrected chi connectivity index (χ3v) is 9.67. The number of hydrogen-bond donors (Lipinski definition) is 3. The molecule has 2 amide bonds. The molecule has 0 aliphatic carbocycles. The van der Waals surface area contributed by atoms with Gasteiger partial charge < -0.3 is 29.9 Å². The molecule has 6 rings (SSSR count). The maximum Gasteiger partial charge on any atom is 0.326 e. The zero-order valence-electron chi connectivity index (χ0n) is 27.9. The van der Waals surface area contributed by atoms with Gasteiger partial charge in [-0.3, -0.25) is 9.59 Å². The number of aliphatic hydroxyl groups excluding tert-OH is 1. The lowest BCUT2D eigenvalue weighted by Crippen LogP contribution is -2.55. The van der Waals surface area contributed by atoms with E-state index in [1.54, 1.807) is 29.2 Å². The van der Waals surface area contributed by atoms with Crippen molar-refractivity contribution < 1.29 is 42.9 Å². The van der Waals surface area contributed by atoms with E-state index in [0.717, 1.165) is 16.7 Å². The Morgan fingerprint density at radius 3 is 2.16 bits per heavy atom. The summed E-state index contributed by atoms with van der Waals surface area (Å²) in [4.78, 5) is 39.6. The van der Waals surface area contributed by atoms with Gasteiger partial charge in [0.2, 0.25) is 11.8 Å². The zero-order chi connectivity index (χ0) is 36.0. The molecule has 11 heteroatoms. The summed E-state index contributed by atoms with van der Waals surface area (Å²) in [6, 6.07) is 27.0. The van der Waals surface area contributed by atoms with Crippen LogP contribution in [0, 0.1) is 17.6 Å². The van der Waals surface area contributed by atoms with Gasteiger partial charge in [0.25, 0.3) is 0 Å². The number of hydrogen-bond acceptors (Lipinski definition) is 6. The first-order valence-electron chi connectivity index (χ1n) is 17.0. The number of halogens is 2. The van der Waals surface area contributed by atoms with Gasteiger partial charge >= 0.3 is 5.97 Å². The monoisotopic (exact) mass is 698 g/mol. The first-order valence-corrected chi connectivity index (χ1v) is 17.0. The van der Waals surface area contributed by atoms with Crippen LogP contribution in [0.5, 0.6) is 0 Å². The number of rotatable bonds is 16. The van der Waals surface area contributed by atoms with Crippen LogP contribution in [0.4, 0.5) is 14.5 Å². The van der Waals surface area contributed by atoms with Crippen LogP contribution in [0.3, 0.4) is 0 Å². The van der Waals surface area contributed by atoms with E-state index in [-0.39, 0.29) is 25.0 Å². The zero-order valence-corrected chi connectivity index (χ0v) is 27.9. The number of carboxylic acid groups (broad SMARTS) is 1. The number of nitrogens with zero attached hydrogens (tertiary/aromatic N) is 1. The summed E-state index contributed by atoms with van der Waals surface area (Å²) in [5.41, 5.74) is 3.17. The predicted molar refractivity (Wildman–Crippen MR) is 185 cm³/mol. The molecule has 0 saturated carbocycles. The van der Waals surface area contributed by atoms with Gasteiger partial charge in [-0.2, -0.15) is 0 Å². The fourth-order valence-corrected chi connectivity index (χ4v) is 6.68. The minimum atomic E-state index is -1.13. The largest absolute Gasteiger partial charge is 0.480 e. The fourth-order valence-electron chi connectivity index (χ4n) is 6.68. The lowest BCUT2D eigenvalue weighted by molar-refractivity contribution is -0.212. The minimum Gasteiger partial charge on any atom is -0.480 e. The van der Waals surface area contributed by atoms with E-state index < -0.39 is 47.2 Å². The maximum absolute atomic E-state index is 13.7. The number of nitrogens with one attached hydrogen (secondary N) is 1.